The lowest BCUT2D eigenvalue weighted by atomic mass is 10.1. The van der Waals surface area contributed by atoms with Gasteiger partial charge in [-0.05, 0) is 31.0 Å². The summed E-state index contributed by atoms with van der Waals surface area (Å²) in [4.78, 5) is 39.4. The van der Waals surface area contributed by atoms with E-state index in [1.165, 1.54) is 10.9 Å². The van der Waals surface area contributed by atoms with Gasteiger partial charge in [-0.3, -0.25) is 9.59 Å². The van der Waals surface area contributed by atoms with Crippen molar-refractivity contribution in [2.75, 3.05) is 37.6 Å². The average Bonchev–Trinajstić information content (AvgIpc) is 3.16. The van der Waals surface area contributed by atoms with Gasteiger partial charge in [-0.15, -0.1) is 0 Å². The Morgan fingerprint density at radius 1 is 1.21 bits per heavy atom. The number of nitrogens with one attached hydrogen (secondary N) is 2. The molecule has 0 atom stereocenters. The number of aryl methyl sites for hydroxylation is 1. The monoisotopic (exact) mass is 392 g/mol. The third kappa shape index (κ3) is 4.21. The van der Waals surface area contributed by atoms with Gasteiger partial charge in [0.2, 0.25) is 12.4 Å². The zero-order valence-corrected chi connectivity index (χ0v) is 16.4. The number of aromatic nitrogens is 3. The van der Waals surface area contributed by atoms with Crippen LogP contribution in [-0.4, -0.2) is 64.9 Å². The van der Waals surface area contributed by atoms with Crippen molar-refractivity contribution in [2.45, 2.75) is 13.3 Å². The second-order valence-corrected chi connectivity index (χ2v) is 7.19. The van der Waals surface area contributed by atoms with Gasteiger partial charge >= 0.3 is 0 Å². The zero-order valence-electron chi connectivity index (χ0n) is 16.4. The number of nitrogens with zero attached hydrogens (tertiary/aromatic N) is 4. The first-order valence-electron chi connectivity index (χ1n) is 9.77. The summed E-state index contributed by atoms with van der Waals surface area (Å²) in [7, 11) is 0. The summed E-state index contributed by atoms with van der Waals surface area (Å²) in [6.45, 7) is 4.96. The number of aromatic amines is 1. The maximum atomic E-state index is 12.6. The van der Waals surface area contributed by atoms with E-state index >= 15 is 0 Å². The fourth-order valence-corrected chi connectivity index (χ4v) is 3.58. The van der Waals surface area contributed by atoms with Gasteiger partial charge < -0.3 is 20.1 Å². The molecule has 4 rings (SSSR count). The number of anilines is 1. The van der Waals surface area contributed by atoms with Gasteiger partial charge in [0.25, 0.3) is 5.91 Å². The Labute approximate surface area is 168 Å². The molecule has 2 aromatic heterocycles. The van der Waals surface area contributed by atoms with Crippen molar-refractivity contribution in [3.63, 3.8) is 0 Å². The zero-order chi connectivity index (χ0) is 20.2. The van der Waals surface area contributed by atoms with Crippen LogP contribution in [0.15, 0.2) is 36.5 Å². The number of amides is 2. The van der Waals surface area contributed by atoms with Gasteiger partial charge in [-0.1, -0.05) is 18.2 Å². The number of para-hydroxylation sites is 1. The summed E-state index contributed by atoms with van der Waals surface area (Å²) >= 11 is 0. The van der Waals surface area contributed by atoms with Crippen LogP contribution in [-0.2, 0) is 11.2 Å². The lowest BCUT2D eigenvalue weighted by Crippen LogP contribution is -2.46. The molecule has 3 heterocycles. The topological polar surface area (TPSA) is 94.2 Å². The second-order valence-electron chi connectivity index (χ2n) is 7.19. The summed E-state index contributed by atoms with van der Waals surface area (Å²) in [5, 5.41) is 4.14. The van der Waals surface area contributed by atoms with Crippen LogP contribution in [0.4, 0.5) is 5.95 Å². The Hall–Kier alpha value is -3.42. The molecular weight excluding hydrogens is 368 g/mol. The smallest absolute Gasteiger partial charge is 0.270 e. The van der Waals surface area contributed by atoms with Crippen LogP contribution in [0.1, 0.15) is 21.7 Å². The van der Waals surface area contributed by atoms with E-state index in [4.69, 9.17) is 0 Å². The Balaban J connectivity index is 1.39. The number of rotatable bonds is 6. The minimum atomic E-state index is -0.205. The maximum absolute atomic E-state index is 12.6. The number of hydrogen-bond acceptors (Lipinski definition) is 5. The number of fused-ring (bicyclic) bond motifs is 1. The Bertz CT molecular complexity index is 1020. The molecule has 29 heavy (non-hydrogen) atoms. The predicted octanol–water partition coefficient (Wildman–Crippen LogP) is 1.52. The Morgan fingerprint density at radius 3 is 2.79 bits per heavy atom. The molecule has 0 aliphatic carbocycles. The highest BCUT2D eigenvalue weighted by molar-refractivity contribution is 5.92. The summed E-state index contributed by atoms with van der Waals surface area (Å²) in [5.74, 6) is 0.334. The Morgan fingerprint density at radius 2 is 2.00 bits per heavy atom. The van der Waals surface area contributed by atoms with E-state index in [1.54, 1.807) is 11.0 Å². The Kier molecular flexibility index (Phi) is 5.41. The number of hydrogen-bond donors (Lipinski definition) is 2. The third-order valence-electron chi connectivity index (χ3n) is 5.18. The highest BCUT2D eigenvalue weighted by atomic mass is 16.2. The molecule has 0 radical (unpaired) electrons. The third-order valence-corrected chi connectivity index (χ3v) is 5.18. The van der Waals surface area contributed by atoms with Crippen molar-refractivity contribution in [3.05, 3.63) is 53.5 Å². The molecule has 1 saturated heterocycles. The largest absolute Gasteiger partial charge is 0.361 e. The first kappa shape index (κ1) is 18.9. The van der Waals surface area contributed by atoms with E-state index in [9.17, 15) is 9.59 Å². The van der Waals surface area contributed by atoms with Crippen molar-refractivity contribution >= 4 is 29.2 Å². The van der Waals surface area contributed by atoms with E-state index in [0.717, 1.165) is 24.0 Å². The van der Waals surface area contributed by atoms with Gasteiger partial charge in [-0.2, -0.15) is 0 Å². The second kappa shape index (κ2) is 8.30. The van der Waals surface area contributed by atoms with Crippen LogP contribution in [0.5, 0.6) is 0 Å². The summed E-state index contributed by atoms with van der Waals surface area (Å²) < 4.78 is 0. The van der Waals surface area contributed by atoms with Gasteiger partial charge in [-0.25, -0.2) is 9.97 Å². The van der Waals surface area contributed by atoms with E-state index in [2.05, 4.69) is 26.3 Å². The fourth-order valence-electron chi connectivity index (χ4n) is 3.58. The number of benzene rings is 1. The predicted molar refractivity (Wildman–Crippen MR) is 111 cm³/mol. The summed E-state index contributed by atoms with van der Waals surface area (Å²) in [6.07, 6.45) is 3.59. The fraction of sp³-hybridized carbons (Fsp3) is 0.333. The molecule has 1 fully saturated rings. The van der Waals surface area contributed by atoms with Crippen molar-refractivity contribution in [3.8, 4) is 0 Å². The molecule has 0 saturated carbocycles. The van der Waals surface area contributed by atoms with E-state index in [0.29, 0.717) is 44.4 Å². The van der Waals surface area contributed by atoms with Gasteiger partial charge in [0, 0.05) is 55.5 Å². The van der Waals surface area contributed by atoms with Gasteiger partial charge in [0.05, 0.1) is 0 Å². The molecular formula is C21H24N6O2. The molecule has 1 aromatic carbocycles. The summed E-state index contributed by atoms with van der Waals surface area (Å²) in [5.41, 5.74) is 3.38. The molecule has 0 bridgehead atoms. The molecule has 2 N–H and O–H groups in total. The quantitative estimate of drug-likeness (QED) is 0.621. The van der Waals surface area contributed by atoms with Crippen LogP contribution < -0.4 is 10.2 Å². The van der Waals surface area contributed by atoms with Gasteiger partial charge in [0.1, 0.15) is 5.69 Å². The van der Waals surface area contributed by atoms with E-state index in [1.807, 2.05) is 36.2 Å². The highest BCUT2D eigenvalue weighted by Gasteiger charge is 2.20. The minimum absolute atomic E-state index is 0.205. The molecule has 150 valence electrons. The average molecular weight is 392 g/mol. The number of piperazine rings is 1. The molecule has 1 aliphatic heterocycles. The van der Waals surface area contributed by atoms with Gasteiger partial charge in [0.15, 0.2) is 0 Å². The van der Waals surface area contributed by atoms with Crippen molar-refractivity contribution in [2.24, 2.45) is 0 Å². The standard InChI is InChI=1S/C21H24N6O2/c1-15-12-19(25-21(24-15)27-10-8-26(14-28)9-11-27)20(29)22-7-6-16-13-23-18-5-3-2-4-17(16)18/h2-5,12-14,23H,6-11H2,1H3,(H,22,29). The molecule has 0 unspecified atom stereocenters. The number of carbonyl (C=O) groups excluding carboxylic acids is 2. The molecule has 8 heteroatoms. The van der Waals surface area contributed by atoms with Crippen LogP contribution >= 0.6 is 0 Å². The number of H-pyrrole nitrogens is 1. The maximum Gasteiger partial charge on any atom is 0.270 e. The van der Waals surface area contributed by atoms with Crippen molar-refractivity contribution < 1.29 is 9.59 Å². The normalized spacial score (nSPS) is 14.2. The first-order chi connectivity index (χ1) is 14.1. The van der Waals surface area contributed by atoms with Crippen LogP contribution in [0.3, 0.4) is 0 Å². The van der Waals surface area contributed by atoms with E-state index in [-0.39, 0.29) is 5.91 Å². The first-order valence-corrected chi connectivity index (χ1v) is 9.77. The van der Waals surface area contributed by atoms with E-state index < -0.39 is 0 Å². The molecule has 0 spiro atoms. The molecule has 1 aliphatic rings. The number of carbonyl (C=O) groups is 2. The van der Waals surface area contributed by atoms with Crippen molar-refractivity contribution in [1.29, 1.82) is 0 Å². The SMILES string of the molecule is Cc1cc(C(=O)NCCc2c[nH]c3ccccc23)nc(N2CCN(C=O)CC2)n1. The highest BCUT2D eigenvalue weighted by Crippen LogP contribution is 2.18. The lowest BCUT2D eigenvalue weighted by molar-refractivity contribution is -0.118. The minimum Gasteiger partial charge on any atom is -0.361 e. The molecule has 3 aromatic rings. The summed E-state index contributed by atoms with van der Waals surface area (Å²) in [6, 6.07) is 9.83. The van der Waals surface area contributed by atoms with Crippen LogP contribution in [0, 0.1) is 6.92 Å². The molecule has 8 nitrogen and oxygen atoms in total. The van der Waals surface area contributed by atoms with Crippen LogP contribution in [0.25, 0.3) is 10.9 Å². The lowest BCUT2D eigenvalue weighted by Gasteiger charge is -2.32. The van der Waals surface area contributed by atoms with Crippen molar-refractivity contribution in [1.82, 2.24) is 25.2 Å². The molecule has 2 amide bonds. The van der Waals surface area contributed by atoms with Crippen LogP contribution in [0.2, 0.25) is 0 Å².